The summed E-state index contributed by atoms with van der Waals surface area (Å²) in [6.45, 7) is 0.233. The Labute approximate surface area is 158 Å². The molecule has 4 rings (SSSR count). The molecule has 138 valence electrons. The maximum Gasteiger partial charge on any atom is 0.272 e. The Kier molecular flexibility index (Phi) is 4.24. The van der Waals surface area contributed by atoms with Crippen molar-refractivity contribution in [2.45, 2.75) is 6.54 Å². The number of anilines is 2. The van der Waals surface area contributed by atoms with Crippen molar-refractivity contribution in [3.63, 3.8) is 0 Å². The van der Waals surface area contributed by atoms with Gasteiger partial charge in [0.1, 0.15) is 23.1 Å². The lowest BCUT2D eigenvalue weighted by molar-refractivity contribution is -0.118. The second-order valence-corrected chi connectivity index (χ2v) is 6.03. The van der Waals surface area contributed by atoms with Crippen LogP contribution in [0, 0.1) is 0 Å². The predicted molar refractivity (Wildman–Crippen MR) is 97.5 cm³/mol. The average Bonchev–Trinajstić information content (AvgIpc) is 3.00. The molecule has 3 N–H and O–H groups in total. The summed E-state index contributed by atoms with van der Waals surface area (Å²) in [7, 11) is 1.68. The molecule has 0 saturated carbocycles. The molecule has 0 unspecified atom stereocenters. The van der Waals surface area contributed by atoms with Crippen LogP contribution in [-0.2, 0) is 18.4 Å². The maximum absolute atomic E-state index is 12.6. The van der Waals surface area contributed by atoms with Crippen LogP contribution >= 0.6 is 11.8 Å². The number of aromatic nitrogens is 4. The number of rotatable bonds is 4. The first-order chi connectivity index (χ1) is 13.1. The molecule has 0 fully saturated rings. The van der Waals surface area contributed by atoms with Gasteiger partial charge in [-0.05, 0) is 17.7 Å². The second kappa shape index (κ2) is 6.72. The molecule has 1 aromatic carbocycles. The van der Waals surface area contributed by atoms with Crippen LogP contribution in [0.3, 0.4) is 0 Å². The van der Waals surface area contributed by atoms with Crippen molar-refractivity contribution in [2.24, 2.45) is 7.05 Å². The first-order valence-corrected chi connectivity index (χ1v) is 8.32. The van der Waals surface area contributed by atoms with Gasteiger partial charge in [-0.15, -0.1) is 0 Å². The molecule has 1 aliphatic heterocycles. The number of benzene rings is 1. The molecule has 0 saturated heterocycles. The zero-order valence-electron chi connectivity index (χ0n) is 14.1. The Bertz CT molecular complexity index is 1070. The van der Waals surface area contributed by atoms with E-state index in [-0.39, 0.29) is 24.8 Å². The quantitative estimate of drug-likeness (QED) is 0.574. The van der Waals surface area contributed by atoms with Crippen LogP contribution in [0.25, 0.3) is 11.0 Å². The summed E-state index contributed by atoms with van der Waals surface area (Å²) < 4.78 is 6.80. The molecule has 11 heteroatoms. The summed E-state index contributed by atoms with van der Waals surface area (Å²) in [5.41, 5.74) is 2.30. The van der Waals surface area contributed by atoms with Gasteiger partial charge in [-0.2, -0.15) is 5.10 Å². The van der Waals surface area contributed by atoms with E-state index in [4.69, 9.17) is 16.5 Å². The number of carbonyl (C=O) groups excluding carboxylic acids is 2. The van der Waals surface area contributed by atoms with Crippen molar-refractivity contribution < 1.29 is 14.3 Å². The van der Waals surface area contributed by atoms with E-state index >= 15 is 0 Å². The van der Waals surface area contributed by atoms with E-state index in [9.17, 15) is 9.59 Å². The van der Waals surface area contributed by atoms with E-state index in [1.807, 2.05) is 6.07 Å². The minimum Gasteiger partial charge on any atom is -0.482 e. The van der Waals surface area contributed by atoms with Crippen LogP contribution in [0.15, 0.2) is 24.5 Å². The van der Waals surface area contributed by atoms with Gasteiger partial charge in [-0.25, -0.2) is 14.6 Å². The molecule has 0 bridgehead atoms. The monoisotopic (exact) mass is 387 g/mol. The molecule has 27 heavy (non-hydrogen) atoms. The third-order valence-corrected chi connectivity index (χ3v) is 4.23. The number of nitrogens with one attached hydrogen (secondary N) is 3. The van der Waals surface area contributed by atoms with Crippen LogP contribution in [-0.4, -0.2) is 38.2 Å². The summed E-state index contributed by atoms with van der Waals surface area (Å²) in [6.07, 6.45) is 1.28. The molecule has 0 spiro atoms. The smallest absolute Gasteiger partial charge is 0.272 e. The molecule has 2 aromatic heterocycles. The number of carbonyl (C=O) groups is 2. The number of amides is 2. The molecular weight excluding hydrogens is 374 g/mol. The number of hydrogen-bond acceptors (Lipinski definition) is 7. The van der Waals surface area contributed by atoms with Gasteiger partial charge < -0.3 is 15.4 Å². The molecule has 3 aromatic rings. The zero-order valence-corrected chi connectivity index (χ0v) is 14.9. The molecule has 1 aliphatic rings. The van der Waals surface area contributed by atoms with Crippen LogP contribution in [0.1, 0.15) is 16.1 Å². The fourth-order valence-corrected chi connectivity index (χ4v) is 2.99. The zero-order chi connectivity index (χ0) is 19.0. The van der Waals surface area contributed by atoms with E-state index in [0.717, 1.165) is 5.56 Å². The van der Waals surface area contributed by atoms with Gasteiger partial charge in [-0.3, -0.25) is 14.4 Å². The second-order valence-electron chi connectivity index (χ2n) is 5.84. The lowest BCUT2D eigenvalue weighted by Crippen LogP contribution is -2.26. The van der Waals surface area contributed by atoms with Gasteiger partial charge in [0.2, 0.25) is 0 Å². The van der Waals surface area contributed by atoms with Crippen LogP contribution < -0.4 is 20.2 Å². The summed E-state index contributed by atoms with van der Waals surface area (Å²) in [4.78, 5) is 34.6. The van der Waals surface area contributed by atoms with Crippen molar-refractivity contribution in [3.8, 4) is 5.75 Å². The SMILES string of the molecule is Cn1nc2c(C(=O)NCc3ccc4c(c3)NC(=O)CO4)ncnc2c1NCl. The highest BCUT2D eigenvalue weighted by atomic mass is 35.5. The number of fused-ring (bicyclic) bond motifs is 2. The fourth-order valence-electron chi connectivity index (χ4n) is 2.78. The third kappa shape index (κ3) is 3.10. The summed E-state index contributed by atoms with van der Waals surface area (Å²) in [5, 5.41) is 9.76. The van der Waals surface area contributed by atoms with E-state index in [1.54, 1.807) is 19.2 Å². The van der Waals surface area contributed by atoms with Crippen LogP contribution in [0.2, 0.25) is 0 Å². The van der Waals surface area contributed by atoms with Crippen LogP contribution in [0.5, 0.6) is 5.75 Å². The van der Waals surface area contributed by atoms with Crippen LogP contribution in [0.4, 0.5) is 11.5 Å². The van der Waals surface area contributed by atoms with E-state index in [2.05, 4.69) is 30.5 Å². The Balaban J connectivity index is 1.54. The standard InChI is InChI=1S/C16H14ClN7O3/c1-24-15(22-17)13-12(23-24)14(20-7-19-13)16(26)18-5-8-2-3-10-9(4-8)21-11(25)6-27-10/h2-4,7,22H,5-6H2,1H3,(H,18,26)(H,21,25). The van der Waals surface area contributed by atoms with Crippen molar-refractivity contribution >= 4 is 46.1 Å². The maximum atomic E-state index is 12.6. The first-order valence-electron chi connectivity index (χ1n) is 7.95. The number of ether oxygens (including phenoxy) is 1. The van der Waals surface area contributed by atoms with Crippen molar-refractivity contribution in [1.29, 1.82) is 0 Å². The number of nitrogens with zero attached hydrogens (tertiary/aromatic N) is 4. The van der Waals surface area contributed by atoms with Crippen molar-refractivity contribution in [3.05, 3.63) is 35.8 Å². The average molecular weight is 388 g/mol. The number of hydrogen-bond donors (Lipinski definition) is 3. The van der Waals surface area contributed by atoms with Crippen molar-refractivity contribution in [2.75, 3.05) is 16.8 Å². The lowest BCUT2D eigenvalue weighted by atomic mass is 10.1. The lowest BCUT2D eigenvalue weighted by Gasteiger charge is -2.18. The van der Waals surface area contributed by atoms with Gasteiger partial charge in [0, 0.05) is 25.4 Å². The van der Waals surface area contributed by atoms with Gasteiger partial charge in [0.05, 0.1) is 5.69 Å². The Morgan fingerprint density at radius 1 is 1.37 bits per heavy atom. The summed E-state index contributed by atoms with van der Waals surface area (Å²) in [6, 6.07) is 5.30. The van der Waals surface area contributed by atoms with E-state index < -0.39 is 5.91 Å². The summed E-state index contributed by atoms with van der Waals surface area (Å²) >= 11 is 5.68. The largest absolute Gasteiger partial charge is 0.482 e. The predicted octanol–water partition coefficient (Wildman–Crippen LogP) is 1.19. The molecule has 10 nitrogen and oxygen atoms in total. The fraction of sp³-hybridized carbons (Fsp3) is 0.188. The first kappa shape index (κ1) is 17.0. The number of halogens is 1. The molecular formula is C16H14ClN7O3. The van der Waals surface area contributed by atoms with E-state index in [0.29, 0.717) is 28.3 Å². The van der Waals surface area contributed by atoms with E-state index in [1.165, 1.54) is 11.0 Å². The topological polar surface area (TPSA) is 123 Å². The Morgan fingerprint density at radius 2 is 2.22 bits per heavy atom. The normalized spacial score (nSPS) is 12.9. The highest BCUT2D eigenvalue weighted by Crippen LogP contribution is 2.28. The molecule has 3 heterocycles. The number of aryl methyl sites for hydroxylation is 1. The molecule has 0 atom stereocenters. The Hall–Kier alpha value is -3.40. The minimum absolute atomic E-state index is 0.00395. The minimum atomic E-state index is -0.403. The van der Waals surface area contributed by atoms with Crippen molar-refractivity contribution in [1.82, 2.24) is 25.1 Å². The van der Waals surface area contributed by atoms with Gasteiger partial charge in [0.15, 0.2) is 18.1 Å². The third-order valence-electron chi connectivity index (χ3n) is 4.05. The highest BCUT2D eigenvalue weighted by Gasteiger charge is 2.20. The summed E-state index contributed by atoms with van der Waals surface area (Å²) in [5.74, 6) is 0.441. The van der Waals surface area contributed by atoms with Gasteiger partial charge in [-0.1, -0.05) is 6.07 Å². The highest BCUT2D eigenvalue weighted by molar-refractivity contribution is 6.25. The Morgan fingerprint density at radius 3 is 3.04 bits per heavy atom. The molecule has 2 amide bonds. The van der Waals surface area contributed by atoms with Gasteiger partial charge in [0.25, 0.3) is 11.8 Å². The molecule has 0 radical (unpaired) electrons. The van der Waals surface area contributed by atoms with Gasteiger partial charge >= 0.3 is 0 Å². The molecule has 0 aliphatic carbocycles.